The van der Waals surface area contributed by atoms with Crippen molar-refractivity contribution in [1.82, 2.24) is 20.2 Å². The molecular weight excluding hydrogens is 424 g/mol. The van der Waals surface area contributed by atoms with Gasteiger partial charge in [-0.25, -0.2) is 9.78 Å². The van der Waals surface area contributed by atoms with Crippen molar-refractivity contribution in [2.75, 3.05) is 26.9 Å². The third kappa shape index (κ3) is 5.14. The number of fused-ring (bicyclic) bond motifs is 3. The Kier molecular flexibility index (Phi) is 7.19. The summed E-state index contributed by atoms with van der Waals surface area (Å²) < 4.78 is 12.5. The molecule has 3 heterocycles. The van der Waals surface area contributed by atoms with E-state index in [1.807, 2.05) is 22.8 Å². The Balaban J connectivity index is 1.42. The molecule has 1 aliphatic heterocycles. The Morgan fingerprint density at radius 3 is 2.85 bits per heavy atom. The summed E-state index contributed by atoms with van der Waals surface area (Å²) in [6.07, 6.45) is 4.46. The van der Waals surface area contributed by atoms with Crippen LogP contribution >= 0.6 is 0 Å². The van der Waals surface area contributed by atoms with E-state index in [0.717, 1.165) is 34.8 Å². The first-order valence-electron chi connectivity index (χ1n) is 11.2. The van der Waals surface area contributed by atoms with Crippen molar-refractivity contribution in [3.05, 3.63) is 42.1 Å². The number of rotatable bonds is 9. The number of alkyl carbamates (subject to hydrolysis) is 1. The average Bonchev–Trinajstić information content (AvgIpc) is 3.14. The Hall–Kier alpha value is -3.46. The van der Waals surface area contributed by atoms with Gasteiger partial charge in [0.25, 0.3) is 0 Å². The van der Waals surface area contributed by atoms with E-state index in [9.17, 15) is 14.4 Å². The summed E-state index contributed by atoms with van der Waals surface area (Å²) in [6, 6.07) is 9.71. The molecule has 0 saturated carbocycles. The molecule has 0 aliphatic carbocycles. The maximum absolute atomic E-state index is 12.6. The van der Waals surface area contributed by atoms with Crippen LogP contribution in [0.25, 0.3) is 21.9 Å². The summed E-state index contributed by atoms with van der Waals surface area (Å²) in [5.74, 6) is -0.508. The molecule has 3 amide bonds. The van der Waals surface area contributed by atoms with Crippen molar-refractivity contribution >= 4 is 39.8 Å². The number of amides is 3. The van der Waals surface area contributed by atoms with Gasteiger partial charge in [0, 0.05) is 50.1 Å². The van der Waals surface area contributed by atoms with E-state index in [0.29, 0.717) is 39.1 Å². The van der Waals surface area contributed by atoms with Gasteiger partial charge in [0.05, 0.1) is 12.1 Å². The topological polar surface area (TPSA) is 112 Å². The van der Waals surface area contributed by atoms with Crippen molar-refractivity contribution in [2.24, 2.45) is 0 Å². The van der Waals surface area contributed by atoms with Crippen LogP contribution in [0.2, 0.25) is 0 Å². The van der Waals surface area contributed by atoms with Gasteiger partial charge in [-0.1, -0.05) is 6.07 Å². The summed E-state index contributed by atoms with van der Waals surface area (Å²) >= 11 is 0. The second-order valence-corrected chi connectivity index (χ2v) is 8.02. The van der Waals surface area contributed by atoms with Crippen LogP contribution < -0.4 is 10.6 Å². The minimum Gasteiger partial charge on any atom is -0.449 e. The number of carbonyl (C=O) groups excluding carboxylic acids is 3. The standard InChI is InChI=1S/C24H28N4O5/c1-25-24(31)33-14-4-13-32-12-3-5-16-7-8-19-18(15-16)17-6-2-11-26-22(17)28(19)20-9-10-21(29)27-23(20)30/h2,6-8,11,15,20H,3-5,9-10,12-14H2,1H3,(H,25,31)(H,27,29,30). The van der Waals surface area contributed by atoms with Crippen molar-refractivity contribution in [2.45, 2.75) is 38.1 Å². The normalized spacial score (nSPS) is 16.2. The number of nitrogens with zero attached hydrogens (tertiary/aromatic N) is 2. The lowest BCUT2D eigenvalue weighted by Gasteiger charge is -2.23. The van der Waals surface area contributed by atoms with E-state index in [1.54, 1.807) is 6.20 Å². The molecule has 4 rings (SSSR count). The van der Waals surface area contributed by atoms with E-state index in [1.165, 1.54) is 12.6 Å². The zero-order chi connectivity index (χ0) is 23.2. The fraction of sp³-hybridized carbons (Fsp3) is 0.417. The third-order valence-corrected chi connectivity index (χ3v) is 5.77. The molecule has 0 spiro atoms. The van der Waals surface area contributed by atoms with Crippen LogP contribution in [0.4, 0.5) is 4.79 Å². The first-order chi connectivity index (χ1) is 16.1. The van der Waals surface area contributed by atoms with Gasteiger partial charge in [0.1, 0.15) is 11.7 Å². The third-order valence-electron chi connectivity index (χ3n) is 5.77. The molecule has 33 heavy (non-hydrogen) atoms. The zero-order valence-electron chi connectivity index (χ0n) is 18.6. The Labute approximate surface area is 191 Å². The Morgan fingerprint density at radius 2 is 2.03 bits per heavy atom. The van der Waals surface area contributed by atoms with Crippen LogP contribution in [0.1, 0.15) is 37.3 Å². The summed E-state index contributed by atoms with van der Waals surface area (Å²) in [5.41, 5.74) is 2.87. The molecule has 9 nitrogen and oxygen atoms in total. The number of piperidine rings is 1. The largest absolute Gasteiger partial charge is 0.449 e. The average molecular weight is 453 g/mol. The molecule has 2 N–H and O–H groups in total. The highest BCUT2D eigenvalue weighted by atomic mass is 16.5. The van der Waals surface area contributed by atoms with Crippen molar-refractivity contribution < 1.29 is 23.9 Å². The maximum atomic E-state index is 12.6. The van der Waals surface area contributed by atoms with Gasteiger partial charge < -0.3 is 19.4 Å². The second-order valence-electron chi connectivity index (χ2n) is 8.02. The van der Waals surface area contributed by atoms with Crippen molar-refractivity contribution in [3.63, 3.8) is 0 Å². The van der Waals surface area contributed by atoms with Crippen LogP contribution in [0.5, 0.6) is 0 Å². The molecule has 1 unspecified atom stereocenters. The van der Waals surface area contributed by atoms with Crippen molar-refractivity contribution in [1.29, 1.82) is 0 Å². The van der Waals surface area contributed by atoms with E-state index < -0.39 is 12.1 Å². The van der Waals surface area contributed by atoms with Crippen molar-refractivity contribution in [3.8, 4) is 0 Å². The number of benzene rings is 1. The highest BCUT2D eigenvalue weighted by Gasteiger charge is 2.30. The Morgan fingerprint density at radius 1 is 1.18 bits per heavy atom. The number of pyridine rings is 1. The lowest BCUT2D eigenvalue weighted by atomic mass is 10.0. The number of ether oxygens (including phenoxy) is 2. The molecule has 9 heteroatoms. The summed E-state index contributed by atoms with van der Waals surface area (Å²) in [6.45, 7) is 1.50. The van der Waals surface area contributed by atoms with Gasteiger partial charge in [-0.15, -0.1) is 0 Å². The minimum absolute atomic E-state index is 0.228. The molecule has 1 saturated heterocycles. The SMILES string of the molecule is CNC(=O)OCCCOCCCc1ccc2c(c1)c1cccnc1n2C1CCC(=O)NC1=O. The van der Waals surface area contributed by atoms with Crippen LogP contribution in [-0.4, -0.2) is 54.3 Å². The minimum atomic E-state index is -0.454. The molecule has 0 radical (unpaired) electrons. The van der Waals surface area contributed by atoms with E-state index in [4.69, 9.17) is 9.47 Å². The molecule has 1 aliphatic rings. The predicted molar refractivity (Wildman–Crippen MR) is 123 cm³/mol. The summed E-state index contributed by atoms with van der Waals surface area (Å²) in [7, 11) is 1.53. The molecule has 3 aromatic rings. The highest BCUT2D eigenvalue weighted by molar-refractivity contribution is 6.09. The fourth-order valence-electron chi connectivity index (χ4n) is 4.20. The zero-order valence-corrected chi connectivity index (χ0v) is 18.6. The quantitative estimate of drug-likeness (QED) is 0.381. The number of aryl methyl sites for hydroxylation is 1. The van der Waals surface area contributed by atoms with Gasteiger partial charge in [-0.3, -0.25) is 14.9 Å². The molecule has 174 valence electrons. The van der Waals surface area contributed by atoms with Gasteiger partial charge in [0.2, 0.25) is 11.8 Å². The Bertz CT molecular complexity index is 1170. The maximum Gasteiger partial charge on any atom is 0.406 e. The number of nitrogens with one attached hydrogen (secondary N) is 2. The highest BCUT2D eigenvalue weighted by Crippen LogP contribution is 2.34. The monoisotopic (exact) mass is 452 g/mol. The van der Waals surface area contributed by atoms with Crippen LogP contribution in [0.3, 0.4) is 0 Å². The number of carbonyl (C=O) groups is 3. The lowest BCUT2D eigenvalue weighted by Crippen LogP contribution is -2.41. The van der Waals surface area contributed by atoms with Crippen LogP contribution in [0.15, 0.2) is 36.5 Å². The second kappa shape index (κ2) is 10.4. The summed E-state index contributed by atoms with van der Waals surface area (Å²) in [5, 5.41) is 6.89. The van der Waals surface area contributed by atoms with E-state index >= 15 is 0 Å². The molecule has 1 aromatic carbocycles. The molecule has 0 bridgehead atoms. The van der Waals surface area contributed by atoms with Crippen LogP contribution in [0, 0.1) is 0 Å². The molecular formula is C24H28N4O5. The lowest BCUT2D eigenvalue weighted by molar-refractivity contribution is -0.135. The number of aromatic nitrogens is 2. The van der Waals surface area contributed by atoms with Gasteiger partial charge in [0.15, 0.2) is 0 Å². The van der Waals surface area contributed by atoms with Gasteiger partial charge >= 0.3 is 6.09 Å². The number of hydrogen-bond acceptors (Lipinski definition) is 6. The molecule has 1 atom stereocenters. The van der Waals surface area contributed by atoms with E-state index in [2.05, 4.69) is 27.8 Å². The first-order valence-corrected chi connectivity index (χ1v) is 11.2. The van der Waals surface area contributed by atoms with Gasteiger partial charge in [-0.2, -0.15) is 0 Å². The summed E-state index contributed by atoms with van der Waals surface area (Å²) in [4.78, 5) is 39.7. The number of hydrogen-bond donors (Lipinski definition) is 2. The van der Waals surface area contributed by atoms with Gasteiger partial charge in [-0.05, 0) is 49.1 Å². The molecule has 2 aromatic heterocycles. The molecule has 1 fully saturated rings. The predicted octanol–water partition coefficient (Wildman–Crippen LogP) is 2.86. The number of imide groups is 1. The van der Waals surface area contributed by atoms with E-state index in [-0.39, 0.29) is 11.8 Å². The fourth-order valence-corrected chi connectivity index (χ4v) is 4.20. The first kappa shape index (κ1) is 22.7. The smallest absolute Gasteiger partial charge is 0.406 e. The van der Waals surface area contributed by atoms with Crippen LogP contribution in [-0.2, 0) is 25.5 Å².